The Bertz CT molecular complexity index is 1430. The molecule has 1 fully saturated rings. The number of pyridine rings is 2. The number of hydrogen-bond donors (Lipinski definition) is 1. The summed E-state index contributed by atoms with van der Waals surface area (Å²) in [5.74, 6) is 0.00750. The number of para-hydroxylation sites is 1. The maximum atomic E-state index is 13.2. The molecule has 1 saturated heterocycles. The molecule has 2 aromatic heterocycles. The van der Waals surface area contributed by atoms with Crippen molar-refractivity contribution < 1.29 is 9.00 Å². The van der Waals surface area contributed by atoms with Crippen molar-refractivity contribution in [1.82, 2.24) is 19.8 Å². The van der Waals surface area contributed by atoms with Crippen LogP contribution < -0.4 is 4.72 Å². The molecule has 3 heterocycles. The molecular formula is C27H26ClN5O2S. The summed E-state index contributed by atoms with van der Waals surface area (Å²) in [7, 11) is -1.49. The van der Waals surface area contributed by atoms with Crippen molar-refractivity contribution in [3.8, 4) is 0 Å². The molecule has 1 aliphatic heterocycles. The van der Waals surface area contributed by atoms with Crippen LogP contribution in [-0.4, -0.2) is 56.1 Å². The van der Waals surface area contributed by atoms with E-state index in [1.807, 2.05) is 66.6 Å². The number of nitrogens with zero attached hydrogens (tertiary/aromatic N) is 4. The Morgan fingerprint density at radius 3 is 2.64 bits per heavy atom. The third-order valence-corrected chi connectivity index (χ3v) is 7.64. The van der Waals surface area contributed by atoms with E-state index in [1.165, 1.54) is 0 Å². The lowest BCUT2D eigenvalue weighted by atomic mass is 10.1. The minimum Gasteiger partial charge on any atom is -0.336 e. The topological polar surface area (TPSA) is 78.4 Å². The summed E-state index contributed by atoms with van der Waals surface area (Å²) < 4.78 is 16.2. The standard InChI is InChI=1S/C27H26ClN5O2S/c1-19-14-22(27(34)33-12-10-32(11-13-33)18-20-15-23(28)17-29-16-20)7-8-24(19)31-36(35)25-6-2-4-21-5-3-9-30-26(21)25/h2-9,14-17,31H,10-13,18H2,1H3. The van der Waals surface area contributed by atoms with E-state index in [2.05, 4.69) is 19.6 Å². The van der Waals surface area contributed by atoms with E-state index in [-0.39, 0.29) is 5.91 Å². The lowest BCUT2D eigenvalue weighted by Crippen LogP contribution is -2.48. The summed E-state index contributed by atoms with van der Waals surface area (Å²) in [4.78, 5) is 26.5. The molecule has 1 amide bonds. The zero-order valence-electron chi connectivity index (χ0n) is 19.9. The van der Waals surface area contributed by atoms with Gasteiger partial charge in [0.25, 0.3) is 5.91 Å². The summed E-state index contributed by atoms with van der Waals surface area (Å²) in [6.07, 6.45) is 5.15. The highest BCUT2D eigenvalue weighted by atomic mass is 35.5. The van der Waals surface area contributed by atoms with E-state index in [0.717, 1.165) is 41.8 Å². The second-order valence-electron chi connectivity index (χ2n) is 8.81. The van der Waals surface area contributed by atoms with Gasteiger partial charge in [0.2, 0.25) is 0 Å². The molecule has 2 aromatic carbocycles. The van der Waals surface area contributed by atoms with E-state index in [1.54, 1.807) is 18.5 Å². The predicted molar refractivity (Wildman–Crippen MR) is 143 cm³/mol. The molecule has 1 atom stereocenters. The van der Waals surface area contributed by atoms with Crippen LogP contribution in [0, 0.1) is 6.92 Å². The lowest BCUT2D eigenvalue weighted by Gasteiger charge is -2.34. The maximum absolute atomic E-state index is 13.2. The van der Waals surface area contributed by atoms with Gasteiger partial charge in [-0.25, -0.2) is 4.21 Å². The second kappa shape index (κ2) is 10.7. The summed E-state index contributed by atoms with van der Waals surface area (Å²) in [5, 5.41) is 1.57. The molecule has 0 radical (unpaired) electrons. The average molecular weight is 520 g/mol. The van der Waals surface area contributed by atoms with Crippen molar-refractivity contribution in [2.75, 3.05) is 30.9 Å². The smallest absolute Gasteiger partial charge is 0.253 e. The molecule has 0 spiro atoms. The van der Waals surface area contributed by atoms with E-state index in [4.69, 9.17) is 11.6 Å². The van der Waals surface area contributed by atoms with Crippen LogP contribution in [0.3, 0.4) is 0 Å². The van der Waals surface area contributed by atoms with Gasteiger partial charge in [-0.05, 0) is 54.4 Å². The van der Waals surface area contributed by atoms with Crippen LogP contribution in [-0.2, 0) is 17.5 Å². The SMILES string of the molecule is Cc1cc(C(=O)N2CCN(Cc3cncc(Cl)c3)CC2)ccc1NS(=O)c1cccc2cccnc12. The third kappa shape index (κ3) is 5.41. The van der Waals surface area contributed by atoms with Gasteiger partial charge in [0.15, 0.2) is 11.0 Å². The molecule has 36 heavy (non-hydrogen) atoms. The van der Waals surface area contributed by atoms with Crippen LogP contribution in [0.1, 0.15) is 21.5 Å². The number of amides is 1. The van der Waals surface area contributed by atoms with Crippen LogP contribution in [0.15, 0.2) is 78.1 Å². The van der Waals surface area contributed by atoms with Gasteiger partial charge in [-0.1, -0.05) is 29.8 Å². The number of aromatic nitrogens is 2. The zero-order chi connectivity index (χ0) is 25.1. The van der Waals surface area contributed by atoms with Crippen LogP contribution in [0.2, 0.25) is 5.02 Å². The highest BCUT2D eigenvalue weighted by Crippen LogP contribution is 2.24. The van der Waals surface area contributed by atoms with Crippen molar-refractivity contribution in [3.63, 3.8) is 0 Å². The molecule has 1 N–H and O–H groups in total. The van der Waals surface area contributed by atoms with Crippen LogP contribution in [0.25, 0.3) is 10.9 Å². The van der Waals surface area contributed by atoms with Gasteiger partial charge in [0.05, 0.1) is 15.4 Å². The number of aryl methyl sites for hydroxylation is 1. The van der Waals surface area contributed by atoms with Crippen LogP contribution in [0.4, 0.5) is 5.69 Å². The summed E-state index contributed by atoms with van der Waals surface area (Å²) in [6, 6.07) is 16.8. The first-order valence-corrected chi connectivity index (χ1v) is 13.2. The quantitative estimate of drug-likeness (QED) is 0.400. The Balaban J connectivity index is 1.22. The van der Waals surface area contributed by atoms with Crippen molar-refractivity contribution in [2.45, 2.75) is 18.4 Å². The minimum absolute atomic E-state index is 0.00750. The fourth-order valence-electron chi connectivity index (χ4n) is 4.38. The van der Waals surface area contributed by atoms with Gasteiger partial charge in [-0.3, -0.25) is 19.7 Å². The number of nitrogens with one attached hydrogen (secondary N) is 1. The van der Waals surface area contributed by atoms with Gasteiger partial charge in [-0.2, -0.15) is 0 Å². The number of halogens is 1. The first kappa shape index (κ1) is 24.4. The number of hydrogen-bond acceptors (Lipinski definition) is 5. The molecule has 9 heteroatoms. The number of anilines is 1. The fraction of sp³-hybridized carbons (Fsp3) is 0.222. The van der Waals surface area contributed by atoms with Crippen LogP contribution in [0.5, 0.6) is 0 Å². The van der Waals surface area contributed by atoms with Crippen molar-refractivity contribution in [2.24, 2.45) is 0 Å². The van der Waals surface area contributed by atoms with E-state index in [0.29, 0.717) is 34.1 Å². The Morgan fingerprint density at radius 1 is 1.06 bits per heavy atom. The zero-order valence-corrected chi connectivity index (χ0v) is 21.4. The second-order valence-corrected chi connectivity index (χ2v) is 10.4. The van der Waals surface area contributed by atoms with E-state index >= 15 is 0 Å². The first-order chi connectivity index (χ1) is 17.5. The molecule has 4 aromatic rings. The molecule has 0 bridgehead atoms. The Hall–Kier alpha value is -3.33. The highest BCUT2D eigenvalue weighted by Gasteiger charge is 2.23. The van der Waals surface area contributed by atoms with Crippen molar-refractivity contribution in [1.29, 1.82) is 0 Å². The predicted octanol–water partition coefficient (Wildman–Crippen LogP) is 4.68. The van der Waals surface area contributed by atoms with Gasteiger partial charge >= 0.3 is 0 Å². The molecule has 1 unspecified atom stereocenters. The number of fused-ring (bicyclic) bond motifs is 1. The van der Waals surface area contributed by atoms with Crippen LogP contribution >= 0.6 is 11.6 Å². The highest BCUT2D eigenvalue weighted by molar-refractivity contribution is 7.86. The molecular weight excluding hydrogens is 494 g/mol. The molecule has 5 rings (SSSR count). The Kier molecular flexibility index (Phi) is 7.27. The number of piperazine rings is 1. The third-order valence-electron chi connectivity index (χ3n) is 6.30. The lowest BCUT2D eigenvalue weighted by molar-refractivity contribution is 0.0628. The van der Waals surface area contributed by atoms with E-state index < -0.39 is 11.0 Å². The number of rotatable bonds is 6. The Morgan fingerprint density at radius 2 is 1.86 bits per heavy atom. The van der Waals surface area contributed by atoms with Gasteiger partial charge in [-0.15, -0.1) is 0 Å². The Labute approximate surface area is 217 Å². The van der Waals surface area contributed by atoms with Crippen molar-refractivity contribution >= 4 is 45.1 Å². The summed E-state index contributed by atoms with van der Waals surface area (Å²) >= 11 is 6.04. The number of carbonyl (C=O) groups is 1. The number of benzene rings is 2. The molecule has 1 aliphatic rings. The largest absolute Gasteiger partial charge is 0.336 e. The maximum Gasteiger partial charge on any atom is 0.253 e. The molecule has 184 valence electrons. The first-order valence-electron chi connectivity index (χ1n) is 11.7. The average Bonchev–Trinajstić information content (AvgIpc) is 2.89. The molecule has 0 aliphatic carbocycles. The van der Waals surface area contributed by atoms with Crippen molar-refractivity contribution in [3.05, 3.63) is 94.9 Å². The molecule has 0 saturated carbocycles. The number of carbonyl (C=O) groups excluding carboxylic acids is 1. The normalized spacial score (nSPS) is 15.1. The van der Waals surface area contributed by atoms with Gasteiger partial charge < -0.3 is 9.62 Å². The van der Waals surface area contributed by atoms with Gasteiger partial charge in [0.1, 0.15) is 0 Å². The monoisotopic (exact) mass is 519 g/mol. The summed E-state index contributed by atoms with van der Waals surface area (Å²) in [5.41, 5.74) is 3.98. The summed E-state index contributed by atoms with van der Waals surface area (Å²) in [6.45, 7) is 5.56. The van der Waals surface area contributed by atoms with Gasteiger partial charge in [0, 0.05) is 68.0 Å². The van der Waals surface area contributed by atoms with E-state index in [9.17, 15) is 9.00 Å². The fourth-order valence-corrected chi connectivity index (χ4v) is 5.67. The minimum atomic E-state index is -1.49. The molecule has 7 nitrogen and oxygen atoms in total.